The van der Waals surface area contributed by atoms with Crippen LogP contribution in [0.1, 0.15) is 26.5 Å². The number of amides is 1. The number of hydrogen-bond acceptors (Lipinski definition) is 12. The lowest BCUT2D eigenvalue weighted by atomic mass is 10.0. The van der Waals surface area contributed by atoms with E-state index in [1.165, 1.54) is 7.11 Å². The molecular weight excluding hydrogens is 533 g/mol. The lowest BCUT2D eigenvalue weighted by Gasteiger charge is -2.32. The predicted octanol–water partition coefficient (Wildman–Crippen LogP) is 1.19. The molecule has 1 aliphatic rings. The van der Waals surface area contributed by atoms with E-state index in [9.17, 15) is 27.9 Å². The van der Waals surface area contributed by atoms with E-state index >= 15 is 0 Å². The maximum Gasteiger partial charge on any atom is 0.433 e. The standard InChI is InChI=1S/C23H35F3N4O9/c1-22(2,3)39-21(33)27-5-6-35-7-8-36-9-10-37-17-11-16(23(24,25)26)29-20(30-17)28-14-12-38-15(13-34-4)19(32)18(14)31/h11,14-15,19,32H,5-10,12-13H2,1-4H3,(H,27,33)(H,28,29,30)/t14-,15+,19-/m0/s1. The molecule has 0 spiro atoms. The molecule has 39 heavy (non-hydrogen) atoms. The number of anilines is 1. The van der Waals surface area contributed by atoms with Crippen molar-refractivity contribution in [2.75, 3.05) is 65.2 Å². The molecule has 1 saturated heterocycles. The Balaban J connectivity index is 1.77. The Kier molecular flexibility index (Phi) is 12.6. The number of methoxy groups -OCH3 is 1. The average molecular weight is 569 g/mol. The summed E-state index contributed by atoms with van der Waals surface area (Å²) in [4.78, 5) is 31.2. The number of Topliss-reactive ketones (excluding diaryl/α,β-unsaturated/α-hetero) is 1. The number of nitrogens with one attached hydrogen (secondary N) is 2. The number of alkyl halides is 3. The Hall–Kier alpha value is -2.79. The van der Waals surface area contributed by atoms with Crippen molar-refractivity contribution in [3.05, 3.63) is 11.8 Å². The fraction of sp³-hybridized carbons (Fsp3) is 0.739. The molecule has 1 fully saturated rings. The van der Waals surface area contributed by atoms with Crippen LogP contribution in [-0.4, -0.2) is 111 Å². The van der Waals surface area contributed by atoms with E-state index in [0.29, 0.717) is 6.07 Å². The van der Waals surface area contributed by atoms with Gasteiger partial charge in [0.1, 0.15) is 30.5 Å². The first-order valence-corrected chi connectivity index (χ1v) is 12.1. The van der Waals surface area contributed by atoms with E-state index in [-0.39, 0.29) is 52.8 Å². The summed E-state index contributed by atoms with van der Waals surface area (Å²) < 4.78 is 71.2. The predicted molar refractivity (Wildman–Crippen MR) is 128 cm³/mol. The van der Waals surface area contributed by atoms with Crippen LogP contribution in [0.25, 0.3) is 0 Å². The van der Waals surface area contributed by atoms with Gasteiger partial charge in [-0.05, 0) is 20.8 Å². The molecule has 1 aromatic heterocycles. The molecule has 1 aromatic rings. The summed E-state index contributed by atoms with van der Waals surface area (Å²) in [6, 6.07) is -0.554. The van der Waals surface area contributed by atoms with Crippen LogP contribution in [0.5, 0.6) is 5.88 Å². The molecule has 0 radical (unpaired) electrons. The van der Waals surface area contributed by atoms with Crippen LogP contribution in [0.2, 0.25) is 0 Å². The minimum atomic E-state index is -4.81. The minimum absolute atomic E-state index is 0.0235. The summed E-state index contributed by atoms with van der Waals surface area (Å²) >= 11 is 0. The van der Waals surface area contributed by atoms with Gasteiger partial charge < -0.3 is 44.2 Å². The molecule has 1 aliphatic heterocycles. The highest BCUT2D eigenvalue weighted by atomic mass is 19.4. The summed E-state index contributed by atoms with van der Waals surface area (Å²) in [7, 11) is 1.37. The van der Waals surface area contributed by atoms with Crippen LogP contribution in [0.3, 0.4) is 0 Å². The van der Waals surface area contributed by atoms with Crippen molar-refractivity contribution in [3.63, 3.8) is 0 Å². The molecule has 16 heteroatoms. The summed E-state index contributed by atoms with van der Waals surface area (Å²) in [5.74, 6) is -1.61. The Labute approximate surface area is 223 Å². The van der Waals surface area contributed by atoms with E-state index in [4.69, 9.17) is 28.4 Å². The number of alkyl carbamates (subject to hydrolysis) is 1. The Bertz CT molecular complexity index is 931. The van der Waals surface area contributed by atoms with Gasteiger partial charge in [-0.3, -0.25) is 4.79 Å². The highest BCUT2D eigenvalue weighted by Crippen LogP contribution is 2.30. The second-order valence-corrected chi connectivity index (χ2v) is 9.29. The first-order chi connectivity index (χ1) is 18.3. The topological polar surface area (TPSA) is 160 Å². The van der Waals surface area contributed by atoms with Crippen LogP contribution in [0.15, 0.2) is 6.07 Å². The number of rotatable bonds is 14. The van der Waals surface area contributed by atoms with Gasteiger partial charge in [-0.25, -0.2) is 9.78 Å². The molecule has 2 heterocycles. The van der Waals surface area contributed by atoms with Crippen molar-refractivity contribution >= 4 is 17.8 Å². The molecular formula is C23H35F3N4O9. The zero-order chi connectivity index (χ0) is 29.1. The SMILES string of the molecule is COC[C@H]1OC[C@H](Nc2nc(OCCOCCOCCNC(=O)OC(C)(C)C)cc(C(F)(F)F)n2)C(=O)[C@H]1O. The quantitative estimate of drug-likeness (QED) is 0.276. The van der Waals surface area contributed by atoms with Crippen molar-refractivity contribution in [2.24, 2.45) is 0 Å². The molecule has 0 bridgehead atoms. The molecule has 222 valence electrons. The molecule has 0 aromatic carbocycles. The van der Waals surface area contributed by atoms with Gasteiger partial charge in [-0.15, -0.1) is 0 Å². The fourth-order valence-electron chi connectivity index (χ4n) is 3.13. The first-order valence-electron chi connectivity index (χ1n) is 12.1. The van der Waals surface area contributed by atoms with E-state index in [0.717, 1.165) is 0 Å². The largest absolute Gasteiger partial charge is 0.475 e. The molecule has 0 unspecified atom stereocenters. The van der Waals surface area contributed by atoms with Crippen molar-refractivity contribution in [1.82, 2.24) is 15.3 Å². The number of aromatic nitrogens is 2. The van der Waals surface area contributed by atoms with Crippen molar-refractivity contribution < 1.29 is 56.3 Å². The molecule has 1 amide bonds. The van der Waals surface area contributed by atoms with E-state index in [2.05, 4.69) is 20.6 Å². The van der Waals surface area contributed by atoms with Crippen LogP contribution < -0.4 is 15.4 Å². The number of carbonyl (C=O) groups excluding carboxylic acids is 2. The van der Waals surface area contributed by atoms with Crippen molar-refractivity contribution in [2.45, 2.75) is 50.8 Å². The lowest BCUT2D eigenvalue weighted by molar-refractivity contribution is -0.153. The average Bonchev–Trinajstić information content (AvgIpc) is 2.83. The van der Waals surface area contributed by atoms with Crippen LogP contribution in [0, 0.1) is 0 Å². The number of aliphatic hydroxyl groups excluding tert-OH is 1. The fourth-order valence-corrected chi connectivity index (χ4v) is 3.13. The number of ether oxygens (including phenoxy) is 6. The summed E-state index contributed by atoms with van der Waals surface area (Å²) in [5, 5.41) is 15.1. The minimum Gasteiger partial charge on any atom is -0.475 e. The Morgan fingerprint density at radius 2 is 1.79 bits per heavy atom. The maximum atomic E-state index is 13.3. The van der Waals surface area contributed by atoms with Crippen molar-refractivity contribution in [3.8, 4) is 5.88 Å². The lowest BCUT2D eigenvalue weighted by Crippen LogP contribution is -2.54. The zero-order valence-electron chi connectivity index (χ0n) is 22.2. The Morgan fingerprint density at radius 1 is 1.13 bits per heavy atom. The Morgan fingerprint density at radius 3 is 2.44 bits per heavy atom. The van der Waals surface area contributed by atoms with Gasteiger partial charge in [0.05, 0.1) is 39.6 Å². The third-order valence-corrected chi connectivity index (χ3v) is 4.86. The summed E-state index contributed by atoms with van der Waals surface area (Å²) in [6.45, 7) is 5.75. The first kappa shape index (κ1) is 32.4. The van der Waals surface area contributed by atoms with Gasteiger partial charge in [-0.1, -0.05) is 0 Å². The monoisotopic (exact) mass is 568 g/mol. The van der Waals surface area contributed by atoms with Gasteiger partial charge in [0.2, 0.25) is 11.8 Å². The van der Waals surface area contributed by atoms with Crippen molar-refractivity contribution in [1.29, 1.82) is 0 Å². The number of aliphatic hydroxyl groups is 1. The second kappa shape index (κ2) is 15.1. The van der Waals surface area contributed by atoms with Gasteiger partial charge in [0, 0.05) is 19.7 Å². The van der Waals surface area contributed by atoms with Gasteiger partial charge in [-0.2, -0.15) is 18.2 Å². The molecule has 13 nitrogen and oxygen atoms in total. The number of nitrogens with zero attached hydrogens (tertiary/aromatic N) is 2. The molecule has 0 aliphatic carbocycles. The molecule has 2 rings (SSSR count). The molecule has 3 atom stereocenters. The van der Waals surface area contributed by atoms with Gasteiger partial charge in [0.15, 0.2) is 11.5 Å². The normalized spacial score (nSPS) is 20.0. The van der Waals surface area contributed by atoms with Gasteiger partial charge in [0.25, 0.3) is 0 Å². The second-order valence-electron chi connectivity index (χ2n) is 9.29. The van der Waals surface area contributed by atoms with Crippen LogP contribution >= 0.6 is 0 Å². The van der Waals surface area contributed by atoms with Crippen LogP contribution in [-0.2, 0) is 34.7 Å². The van der Waals surface area contributed by atoms with E-state index in [1.807, 2.05) is 0 Å². The summed E-state index contributed by atoms with van der Waals surface area (Å²) in [6.07, 6.45) is -7.77. The smallest absolute Gasteiger partial charge is 0.433 e. The molecule has 3 N–H and O–H groups in total. The third kappa shape index (κ3) is 11.9. The number of carbonyl (C=O) groups is 2. The van der Waals surface area contributed by atoms with E-state index in [1.54, 1.807) is 20.8 Å². The summed E-state index contributed by atoms with van der Waals surface area (Å²) in [5.41, 5.74) is -1.88. The highest BCUT2D eigenvalue weighted by molar-refractivity contribution is 5.91. The number of ketones is 1. The maximum absolute atomic E-state index is 13.3. The van der Waals surface area contributed by atoms with E-state index < -0.39 is 59.4 Å². The molecule has 0 saturated carbocycles. The number of hydrogen-bond donors (Lipinski definition) is 3. The number of halogens is 3. The van der Waals surface area contributed by atoms with Crippen LogP contribution in [0.4, 0.5) is 23.9 Å². The van der Waals surface area contributed by atoms with Gasteiger partial charge >= 0.3 is 12.3 Å². The third-order valence-electron chi connectivity index (χ3n) is 4.86. The highest BCUT2D eigenvalue weighted by Gasteiger charge is 2.39. The zero-order valence-corrected chi connectivity index (χ0v) is 22.2.